The molecule has 0 aliphatic carbocycles. The van der Waals surface area contributed by atoms with E-state index in [4.69, 9.17) is 4.74 Å². The molecule has 0 radical (unpaired) electrons. The summed E-state index contributed by atoms with van der Waals surface area (Å²) in [7, 11) is -0.975. The highest BCUT2D eigenvalue weighted by Gasteiger charge is 2.18. The molecule has 0 aliphatic rings. The van der Waals surface area contributed by atoms with E-state index in [1.54, 1.807) is 12.1 Å². The number of urea groups is 1. The minimum Gasteiger partial charge on any atom is -0.494 e. The maximum Gasteiger partial charge on any atom is 0.314 e. The minimum atomic E-state index is -0.975. The van der Waals surface area contributed by atoms with Gasteiger partial charge in [-0.1, -0.05) is 0 Å². The smallest absolute Gasteiger partial charge is 0.314 e. The van der Waals surface area contributed by atoms with E-state index in [-0.39, 0.29) is 16.6 Å². The molecule has 7 heteroatoms. The highest BCUT2D eigenvalue weighted by molar-refractivity contribution is 7.86. The Bertz CT molecular complexity index is 515. The van der Waals surface area contributed by atoms with E-state index in [0.717, 1.165) is 0 Å². The van der Waals surface area contributed by atoms with Crippen LogP contribution in [0.25, 0.3) is 0 Å². The lowest BCUT2D eigenvalue weighted by atomic mass is 10.3. The Morgan fingerprint density at radius 3 is 2.39 bits per heavy atom. The van der Waals surface area contributed by atoms with E-state index in [0.29, 0.717) is 37.6 Å². The number of rotatable bonds is 8. The molecule has 0 aliphatic heterocycles. The molecule has 0 unspecified atom stereocenters. The Kier molecular flexibility index (Phi) is 8.02. The van der Waals surface area contributed by atoms with Crippen LogP contribution >= 0.6 is 0 Å². The number of hydrogen-bond donors (Lipinski definition) is 2. The molecule has 0 spiro atoms. The van der Waals surface area contributed by atoms with Crippen LogP contribution in [-0.4, -0.2) is 40.4 Å². The SMILES string of the molecule is CC(C)(C)[S@](=O)CCNC(=O)NCCCOc1ccc(F)cc1. The van der Waals surface area contributed by atoms with Crippen molar-refractivity contribution in [3.8, 4) is 5.75 Å². The van der Waals surface area contributed by atoms with E-state index >= 15 is 0 Å². The molecule has 1 atom stereocenters. The zero-order chi connectivity index (χ0) is 17.3. The number of carbonyl (C=O) groups is 1. The molecular weight excluding hydrogens is 319 g/mol. The van der Waals surface area contributed by atoms with Crippen molar-refractivity contribution in [2.75, 3.05) is 25.4 Å². The molecule has 0 fully saturated rings. The number of halogens is 1. The first-order valence-corrected chi connectivity index (χ1v) is 8.89. The van der Waals surface area contributed by atoms with Crippen molar-refractivity contribution in [1.29, 1.82) is 0 Å². The standard InChI is InChI=1S/C16H25FN2O3S/c1-16(2,3)23(21)12-10-19-15(20)18-9-4-11-22-14-7-5-13(17)6-8-14/h5-8H,4,9-12H2,1-3H3,(H2,18,19,20)/t23-/m1/s1. The van der Waals surface area contributed by atoms with E-state index in [9.17, 15) is 13.4 Å². The van der Waals surface area contributed by atoms with Crippen molar-refractivity contribution in [3.63, 3.8) is 0 Å². The summed E-state index contributed by atoms with van der Waals surface area (Å²) >= 11 is 0. The van der Waals surface area contributed by atoms with Gasteiger partial charge in [0.25, 0.3) is 0 Å². The van der Waals surface area contributed by atoms with Crippen molar-refractivity contribution in [2.24, 2.45) is 0 Å². The summed E-state index contributed by atoms with van der Waals surface area (Å²) in [6.45, 7) is 7.00. The van der Waals surface area contributed by atoms with E-state index in [2.05, 4.69) is 10.6 Å². The summed E-state index contributed by atoms with van der Waals surface area (Å²) < 4.78 is 29.7. The minimum absolute atomic E-state index is 0.268. The quantitative estimate of drug-likeness (QED) is 0.712. The molecule has 1 aromatic rings. The Morgan fingerprint density at radius 2 is 1.78 bits per heavy atom. The summed E-state index contributed by atoms with van der Waals surface area (Å²) in [6, 6.07) is 5.51. The van der Waals surface area contributed by atoms with Crippen molar-refractivity contribution in [3.05, 3.63) is 30.1 Å². The number of hydrogen-bond acceptors (Lipinski definition) is 3. The summed E-state index contributed by atoms with van der Waals surface area (Å²) in [6.07, 6.45) is 0.638. The number of ether oxygens (including phenoxy) is 1. The summed E-state index contributed by atoms with van der Waals surface area (Å²) in [5.74, 6) is 0.730. The first-order valence-electron chi connectivity index (χ1n) is 7.57. The van der Waals surface area contributed by atoms with Gasteiger partial charge in [-0.3, -0.25) is 4.21 Å². The van der Waals surface area contributed by atoms with Crippen LogP contribution in [0.3, 0.4) is 0 Å². The van der Waals surface area contributed by atoms with Gasteiger partial charge in [0.2, 0.25) is 0 Å². The van der Waals surface area contributed by atoms with E-state index in [1.165, 1.54) is 12.1 Å². The number of amides is 2. The first-order chi connectivity index (χ1) is 10.8. The summed E-state index contributed by atoms with van der Waals surface area (Å²) in [4.78, 5) is 11.5. The van der Waals surface area contributed by atoms with E-state index < -0.39 is 10.8 Å². The first kappa shape index (κ1) is 19.4. The van der Waals surface area contributed by atoms with Crippen LogP contribution in [0, 0.1) is 5.82 Å². The van der Waals surface area contributed by atoms with Crippen LogP contribution in [0.1, 0.15) is 27.2 Å². The van der Waals surface area contributed by atoms with Gasteiger partial charge in [-0.05, 0) is 51.5 Å². The van der Waals surface area contributed by atoms with E-state index in [1.807, 2.05) is 20.8 Å². The van der Waals surface area contributed by atoms with Crippen molar-refractivity contribution in [1.82, 2.24) is 10.6 Å². The molecule has 2 amide bonds. The summed E-state index contributed by atoms with van der Waals surface area (Å²) in [5.41, 5.74) is 0. The molecule has 0 aromatic heterocycles. The number of benzene rings is 1. The summed E-state index contributed by atoms with van der Waals surface area (Å²) in [5, 5.41) is 5.38. The monoisotopic (exact) mass is 344 g/mol. The van der Waals surface area contributed by atoms with Crippen molar-refractivity contribution < 1.29 is 18.1 Å². The molecule has 0 saturated carbocycles. The molecule has 0 saturated heterocycles. The molecular formula is C16H25FN2O3S. The van der Waals surface area contributed by atoms with Crippen LogP contribution in [0.5, 0.6) is 5.75 Å². The lowest BCUT2D eigenvalue weighted by Crippen LogP contribution is -2.39. The Balaban J connectivity index is 2.06. The molecule has 2 N–H and O–H groups in total. The molecule has 0 bridgehead atoms. The number of carbonyl (C=O) groups excluding carboxylic acids is 1. The fourth-order valence-electron chi connectivity index (χ4n) is 1.62. The zero-order valence-corrected chi connectivity index (χ0v) is 14.7. The van der Waals surface area contributed by atoms with Crippen molar-refractivity contribution >= 4 is 16.8 Å². The molecule has 23 heavy (non-hydrogen) atoms. The van der Waals surface area contributed by atoms with Gasteiger partial charge in [0, 0.05) is 34.4 Å². The second-order valence-electron chi connectivity index (χ2n) is 6.00. The van der Waals surface area contributed by atoms with Gasteiger partial charge in [-0.15, -0.1) is 0 Å². The maximum absolute atomic E-state index is 12.7. The predicted octanol–water partition coefficient (Wildman–Crippen LogP) is 2.44. The van der Waals surface area contributed by atoms with Gasteiger partial charge in [0.1, 0.15) is 11.6 Å². The lowest BCUT2D eigenvalue weighted by Gasteiger charge is -2.17. The Hall–Kier alpha value is -1.63. The highest BCUT2D eigenvalue weighted by Crippen LogP contribution is 2.11. The fourth-order valence-corrected chi connectivity index (χ4v) is 2.52. The van der Waals surface area contributed by atoms with Gasteiger partial charge in [0.15, 0.2) is 0 Å². The molecule has 5 nitrogen and oxygen atoms in total. The molecule has 1 rings (SSSR count). The van der Waals surface area contributed by atoms with Crippen LogP contribution in [-0.2, 0) is 10.8 Å². The largest absolute Gasteiger partial charge is 0.494 e. The normalized spacial score (nSPS) is 12.5. The van der Waals surface area contributed by atoms with Crippen LogP contribution in [0.2, 0.25) is 0 Å². The molecule has 1 aromatic carbocycles. The van der Waals surface area contributed by atoms with Crippen molar-refractivity contribution in [2.45, 2.75) is 31.9 Å². The highest BCUT2D eigenvalue weighted by atomic mass is 32.2. The average molecular weight is 344 g/mol. The third-order valence-electron chi connectivity index (χ3n) is 2.95. The van der Waals surface area contributed by atoms with Gasteiger partial charge < -0.3 is 15.4 Å². The zero-order valence-electron chi connectivity index (χ0n) is 13.9. The van der Waals surface area contributed by atoms with Crippen LogP contribution in [0.4, 0.5) is 9.18 Å². The second-order valence-corrected chi connectivity index (χ2v) is 8.32. The van der Waals surface area contributed by atoms with Gasteiger partial charge in [-0.25, -0.2) is 9.18 Å². The average Bonchev–Trinajstić information content (AvgIpc) is 2.47. The third kappa shape index (κ3) is 8.54. The van der Waals surface area contributed by atoms with Gasteiger partial charge in [-0.2, -0.15) is 0 Å². The van der Waals surface area contributed by atoms with Crippen LogP contribution in [0.15, 0.2) is 24.3 Å². The Morgan fingerprint density at radius 1 is 1.17 bits per heavy atom. The third-order valence-corrected chi connectivity index (χ3v) is 4.89. The van der Waals surface area contributed by atoms with Gasteiger partial charge >= 0.3 is 6.03 Å². The second kappa shape index (κ2) is 9.50. The topological polar surface area (TPSA) is 67.4 Å². The molecule has 130 valence electrons. The number of nitrogens with one attached hydrogen (secondary N) is 2. The Labute approximate surface area is 139 Å². The fraction of sp³-hybridized carbons (Fsp3) is 0.562. The maximum atomic E-state index is 12.7. The van der Waals surface area contributed by atoms with Crippen LogP contribution < -0.4 is 15.4 Å². The van der Waals surface area contributed by atoms with Gasteiger partial charge in [0.05, 0.1) is 6.61 Å². The predicted molar refractivity (Wildman–Crippen MR) is 90.7 cm³/mol. The molecule has 0 heterocycles. The lowest BCUT2D eigenvalue weighted by molar-refractivity contribution is 0.239.